The number of nitrogens with zero attached hydrogens (tertiary/aromatic N) is 3. The summed E-state index contributed by atoms with van der Waals surface area (Å²) in [4.78, 5) is 30.6. The van der Waals surface area contributed by atoms with Gasteiger partial charge in [-0.25, -0.2) is 27.3 Å². The number of rotatable bonds is 3. The topological polar surface area (TPSA) is 65.5 Å². The van der Waals surface area contributed by atoms with E-state index < -0.39 is 94.4 Å². The van der Waals surface area contributed by atoms with Crippen molar-refractivity contribution in [1.29, 1.82) is 0 Å². The number of fused-ring (bicyclic) bond motifs is 1. The monoisotopic (exact) mass is 510 g/mol. The van der Waals surface area contributed by atoms with Gasteiger partial charge in [-0.3, -0.25) is 9.69 Å². The smallest absolute Gasteiger partial charge is 0.335 e. The predicted octanol–water partition coefficient (Wildman–Crippen LogP) is 4.63. The lowest BCUT2D eigenvalue weighted by Gasteiger charge is -2.28. The zero-order chi connectivity index (χ0) is 25.2. The van der Waals surface area contributed by atoms with E-state index in [1.54, 1.807) is 0 Å². The Labute approximate surface area is 192 Å². The molecular weight excluding hydrogens is 497 g/mol. The molecule has 0 spiro atoms. The number of urea groups is 1. The van der Waals surface area contributed by atoms with Crippen LogP contribution in [0.15, 0.2) is 18.2 Å². The summed E-state index contributed by atoms with van der Waals surface area (Å²) >= 11 is 5.53. The Morgan fingerprint density at radius 1 is 1.29 bits per heavy atom. The molecule has 1 unspecified atom stereocenters. The van der Waals surface area contributed by atoms with Crippen LogP contribution in [0.3, 0.4) is 0 Å². The number of aryl methyl sites for hydroxylation is 1. The number of hydrogen-bond donors (Lipinski definition) is 1. The highest BCUT2D eigenvalue weighted by Crippen LogP contribution is 2.48. The Morgan fingerprint density at radius 3 is 2.62 bits per heavy atom. The van der Waals surface area contributed by atoms with Crippen molar-refractivity contribution in [3.8, 4) is 0 Å². The molecule has 1 fully saturated rings. The van der Waals surface area contributed by atoms with Crippen LogP contribution in [0.25, 0.3) is 0 Å². The molecule has 2 heterocycles. The third-order valence-electron chi connectivity index (χ3n) is 5.64. The molecule has 1 N–H and O–H groups in total. The average molecular weight is 511 g/mol. The second kappa shape index (κ2) is 8.00. The average Bonchev–Trinajstić information content (AvgIpc) is 3.29. The van der Waals surface area contributed by atoms with Gasteiger partial charge in [0.2, 0.25) is 0 Å². The van der Waals surface area contributed by atoms with E-state index in [-0.39, 0.29) is 0 Å². The molecular formula is C20H14ClF7N4O2. The normalized spacial score (nSPS) is 19.3. The van der Waals surface area contributed by atoms with Gasteiger partial charge in [0.15, 0.2) is 5.82 Å². The molecule has 4 rings (SSSR count). The number of benzene rings is 1. The molecule has 1 aliphatic carbocycles. The Bertz CT molecular complexity index is 1200. The Morgan fingerprint density at radius 2 is 1.97 bits per heavy atom. The number of anilines is 2. The zero-order valence-corrected chi connectivity index (χ0v) is 17.9. The van der Waals surface area contributed by atoms with Crippen LogP contribution in [0.5, 0.6) is 0 Å². The van der Waals surface area contributed by atoms with Crippen LogP contribution in [-0.4, -0.2) is 36.6 Å². The minimum Gasteiger partial charge on any atom is -0.335 e. The lowest BCUT2D eigenvalue weighted by atomic mass is 10.0. The van der Waals surface area contributed by atoms with Gasteiger partial charge in [-0.05, 0) is 24.6 Å². The molecule has 34 heavy (non-hydrogen) atoms. The summed E-state index contributed by atoms with van der Waals surface area (Å²) in [6.45, 7) is -0.394. The van der Waals surface area contributed by atoms with Crippen LogP contribution in [0.1, 0.15) is 23.2 Å². The molecule has 2 aromatic rings. The van der Waals surface area contributed by atoms with Crippen molar-refractivity contribution >= 4 is 35.0 Å². The van der Waals surface area contributed by atoms with Crippen molar-refractivity contribution in [1.82, 2.24) is 10.3 Å². The maximum Gasteiger partial charge on any atom is 0.417 e. The number of aromatic nitrogens is 1. The van der Waals surface area contributed by atoms with Crippen molar-refractivity contribution in [2.75, 3.05) is 23.4 Å². The highest BCUT2D eigenvalue weighted by Gasteiger charge is 2.50. The molecule has 0 bridgehead atoms. The van der Waals surface area contributed by atoms with E-state index in [0.717, 1.165) is 19.2 Å². The molecule has 1 aromatic heterocycles. The van der Waals surface area contributed by atoms with Crippen molar-refractivity contribution in [2.45, 2.75) is 31.0 Å². The molecule has 6 nitrogen and oxygen atoms in total. The van der Waals surface area contributed by atoms with Crippen LogP contribution in [0.4, 0.5) is 47.0 Å². The number of carbonyl (C=O) groups excluding carboxylic acids is 2. The maximum absolute atomic E-state index is 14.4. The summed E-state index contributed by atoms with van der Waals surface area (Å²) in [5.74, 6) is -7.74. The second-order valence-corrected chi connectivity index (χ2v) is 8.09. The highest BCUT2D eigenvalue weighted by molar-refractivity contribution is 6.31. The standard InChI is InChI=1S/C20H14ClF7N4O2/c1-31(11-3-2-9(22)15(21)16(11)23)17(33)12-7-29-18(34)32(12)13-6-8(20(26,27)28)14-10(30-13)4-5-19(14,24)25/h2-3,6,12H,4-5,7H2,1H3,(H,29,34). The van der Waals surface area contributed by atoms with Crippen LogP contribution in [-0.2, 0) is 23.3 Å². The van der Waals surface area contributed by atoms with E-state index in [0.29, 0.717) is 15.9 Å². The van der Waals surface area contributed by atoms with Gasteiger partial charge >= 0.3 is 12.2 Å². The lowest BCUT2D eigenvalue weighted by molar-refractivity contribution is -0.141. The fourth-order valence-corrected chi connectivity index (χ4v) is 4.16. The van der Waals surface area contributed by atoms with E-state index in [4.69, 9.17) is 11.6 Å². The SMILES string of the molecule is CN(C(=O)C1CNC(=O)N1c1cc(C(F)(F)F)c2c(n1)CCC2(F)F)c1ccc(F)c(Cl)c1F. The minimum atomic E-state index is -5.18. The largest absolute Gasteiger partial charge is 0.417 e. The minimum absolute atomic E-state index is 0.290. The summed E-state index contributed by atoms with van der Waals surface area (Å²) in [7, 11) is 1.09. The first-order valence-electron chi connectivity index (χ1n) is 9.71. The quantitative estimate of drug-likeness (QED) is 0.484. The number of alkyl halides is 5. The molecule has 3 amide bonds. The molecule has 1 aromatic carbocycles. The van der Waals surface area contributed by atoms with E-state index in [9.17, 15) is 40.3 Å². The molecule has 182 valence electrons. The number of carbonyl (C=O) groups is 2. The first-order chi connectivity index (χ1) is 15.7. The van der Waals surface area contributed by atoms with E-state index in [1.807, 2.05) is 0 Å². The number of likely N-dealkylation sites (N-methyl/N-ethyl adjacent to an activating group) is 1. The molecule has 2 aliphatic rings. The molecule has 14 heteroatoms. The van der Waals surface area contributed by atoms with Gasteiger partial charge in [-0.1, -0.05) is 11.6 Å². The van der Waals surface area contributed by atoms with Crippen molar-refractivity contribution < 1.29 is 40.3 Å². The Balaban J connectivity index is 1.76. The summed E-state index contributed by atoms with van der Waals surface area (Å²) in [5.41, 5.74) is -3.91. The molecule has 1 aliphatic heterocycles. The van der Waals surface area contributed by atoms with Crippen molar-refractivity contribution in [2.24, 2.45) is 0 Å². The molecule has 0 radical (unpaired) electrons. The fraction of sp³-hybridized carbons (Fsp3) is 0.350. The van der Waals surface area contributed by atoms with Gasteiger partial charge in [0.1, 0.15) is 22.7 Å². The lowest BCUT2D eigenvalue weighted by Crippen LogP contribution is -2.47. The van der Waals surface area contributed by atoms with E-state index in [1.165, 1.54) is 0 Å². The first kappa shape index (κ1) is 24.0. The molecule has 1 saturated heterocycles. The Hall–Kier alpha value is -3.09. The van der Waals surface area contributed by atoms with Crippen LogP contribution in [0.2, 0.25) is 5.02 Å². The van der Waals surface area contributed by atoms with Gasteiger partial charge in [0.05, 0.1) is 22.5 Å². The fourth-order valence-electron chi connectivity index (χ4n) is 4.00. The van der Waals surface area contributed by atoms with Crippen LogP contribution >= 0.6 is 11.6 Å². The van der Waals surface area contributed by atoms with Gasteiger partial charge in [0, 0.05) is 20.0 Å². The highest BCUT2D eigenvalue weighted by atomic mass is 35.5. The number of pyridine rings is 1. The zero-order valence-electron chi connectivity index (χ0n) is 17.1. The van der Waals surface area contributed by atoms with Gasteiger partial charge in [-0.2, -0.15) is 13.2 Å². The van der Waals surface area contributed by atoms with Gasteiger partial charge < -0.3 is 10.2 Å². The molecule has 1 atom stereocenters. The maximum atomic E-state index is 14.4. The van der Waals surface area contributed by atoms with Crippen LogP contribution < -0.4 is 15.1 Å². The van der Waals surface area contributed by atoms with E-state index >= 15 is 0 Å². The summed E-state index contributed by atoms with van der Waals surface area (Å²) in [6.07, 6.45) is -6.54. The summed E-state index contributed by atoms with van der Waals surface area (Å²) < 4.78 is 97.0. The first-order valence-corrected chi connectivity index (χ1v) is 10.1. The van der Waals surface area contributed by atoms with Gasteiger partial charge in [-0.15, -0.1) is 0 Å². The summed E-state index contributed by atoms with van der Waals surface area (Å²) in [5, 5.41) is 1.39. The van der Waals surface area contributed by atoms with Crippen molar-refractivity contribution in [3.05, 3.63) is 51.7 Å². The second-order valence-electron chi connectivity index (χ2n) is 7.72. The third kappa shape index (κ3) is 3.81. The number of hydrogen-bond acceptors (Lipinski definition) is 3. The number of nitrogens with one attached hydrogen (secondary N) is 1. The third-order valence-corrected chi connectivity index (χ3v) is 5.99. The van der Waals surface area contributed by atoms with Crippen LogP contribution in [0, 0.1) is 11.6 Å². The molecule has 0 saturated carbocycles. The van der Waals surface area contributed by atoms with Crippen molar-refractivity contribution in [3.63, 3.8) is 0 Å². The van der Waals surface area contributed by atoms with Gasteiger partial charge in [0.25, 0.3) is 11.8 Å². The Kier molecular flexibility index (Phi) is 5.66. The summed E-state index contributed by atoms with van der Waals surface area (Å²) in [6, 6.07) is -0.499. The number of amides is 3. The predicted molar refractivity (Wildman–Crippen MR) is 106 cm³/mol. The van der Waals surface area contributed by atoms with E-state index in [2.05, 4.69) is 10.3 Å². The number of halogens is 8.